The zero-order valence-electron chi connectivity index (χ0n) is 20.4. The van der Waals surface area contributed by atoms with Crippen molar-refractivity contribution >= 4 is 40.0 Å². The highest BCUT2D eigenvalue weighted by molar-refractivity contribution is 6.35. The van der Waals surface area contributed by atoms with E-state index in [-0.39, 0.29) is 24.8 Å². The average Bonchev–Trinajstić information content (AvgIpc) is 3.53. The van der Waals surface area contributed by atoms with Gasteiger partial charge in [-0.25, -0.2) is 8.78 Å². The van der Waals surface area contributed by atoms with Crippen LogP contribution >= 0.6 is 11.6 Å². The van der Waals surface area contributed by atoms with Gasteiger partial charge in [-0.3, -0.25) is 9.59 Å². The fourth-order valence-corrected chi connectivity index (χ4v) is 4.74. The van der Waals surface area contributed by atoms with Gasteiger partial charge in [-0.1, -0.05) is 48.0 Å². The van der Waals surface area contributed by atoms with Gasteiger partial charge in [0.1, 0.15) is 12.6 Å². The molecular formula is C28H24ClF2N3O4. The van der Waals surface area contributed by atoms with E-state index in [4.69, 9.17) is 21.1 Å². The lowest BCUT2D eigenvalue weighted by atomic mass is 10.0. The van der Waals surface area contributed by atoms with Crippen molar-refractivity contribution < 1.29 is 27.8 Å². The lowest BCUT2D eigenvalue weighted by Crippen LogP contribution is -2.49. The summed E-state index contributed by atoms with van der Waals surface area (Å²) in [5.74, 6) is 0.134. The summed E-state index contributed by atoms with van der Waals surface area (Å²) in [6, 6.07) is 19.5. The Morgan fingerprint density at radius 1 is 1.03 bits per heavy atom. The summed E-state index contributed by atoms with van der Waals surface area (Å²) in [4.78, 5) is 28.2. The zero-order chi connectivity index (χ0) is 26.8. The molecule has 10 heteroatoms. The number of benzene rings is 3. The number of rotatable bonds is 8. The summed E-state index contributed by atoms with van der Waals surface area (Å²) < 4.78 is 39.7. The number of aromatic nitrogens is 1. The van der Waals surface area contributed by atoms with Crippen LogP contribution in [-0.4, -0.2) is 36.3 Å². The van der Waals surface area contributed by atoms with Crippen molar-refractivity contribution in [3.63, 3.8) is 0 Å². The molecule has 0 saturated heterocycles. The second kappa shape index (κ2) is 10.7. The standard InChI is InChI=1S/C28H24ClF2N3O4/c1-33(18-10-11-24-25(13-18)38-16-37-24)28(36)21(12-17-6-3-2-4-7-17)32-26(35)15-34-22-9-5-8-20(29)19(22)14-23(34)27(30)31/h2-11,13-14,21,27H,12,15-16H2,1H3,(H,32,35). The minimum atomic E-state index is -2.81. The number of carbonyl (C=O) groups is 2. The van der Waals surface area contributed by atoms with Crippen molar-refractivity contribution in [2.24, 2.45) is 0 Å². The monoisotopic (exact) mass is 539 g/mol. The number of amides is 2. The number of hydrogen-bond acceptors (Lipinski definition) is 4. The molecule has 3 aromatic carbocycles. The van der Waals surface area contributed by atoms with Crippen molar-refractivity contribution in [1.82, 2.24) is 9.88 Å². The van der Waals surface area contributed by atoms with Gasteiger partial charge in [-0.15, -0.1) is 0 Å². The highest BCUT2D eigenvalue weighted by Gasteiger charge is 2.28. The molecule has 0 fully saturated rings. The third-order valence-electron chi connectivity index (χ3n) is 6.44. The number of ether oxygens (including phenoxy) is 2. The molecule has 1 unspecified atom stereocenters. The quantitative estimate of drug-likeness (QED) is 0.327. The molecule has 0 aliphatic carbocycles. The summed E-state index contributed by atoms with van der Waals surface area (Å²) in [6.45, 7) is -0.307. The molecular weight excluding hydrogens is 516 g/mol. The normalized spacial score (nSPS) is 13.1. The first-order valence-corrected chi connectivity index (χ1v) is 12.3. The summed E-state index contributed by atoms with van der Waals surface area (Å²) in [6.07, 6.45) is -2.61. The third-order valence-corrected chi connectivity index (χ3v) is 6.77. The number of hydrogen-bond donors (Lipinski definition) is 1. The Kier molecular flexibility index (Phi) is 7.20. The number of halogens is 3. The van der Waals surface area contributed by atoms with E-state index in [0.29, 0.717) is 33.1 Å². The Morgan fingerprint density at radius 3 is 2.55 bits per heavy atom. The molecule has 1 aliphatic rings. The topological polar surface area (TPSA) is 72.8 Å². The molecule has 196 valence electrons. The summed E-state index contributed by atoms with van der Waals surface area (Å²) in [5.41, 5.74) is 1.47. The fourth-order valence-electron chi connectivity index (χ4n) is 4.51. The van der Waals surface area contributed by atoms with Crippen LogP contribution in [-0.2, 0) is 22.6 Å². The molecule has 1 aliphatic heterocycles. The fraction of sp³-hybridized carbons (Fsp3) is 0.214. The van der Waals surface area contributed by atoms with Gasteiger partial charge in [0, 0.05) is 35.6 Å². The minimum absolute atomic E-state index is 0.100. The molecule has 7 nitrogen and oxygen atoms in total. The minimum Gasteiger partial charge on any atom is -0.454 e. The van der Waals surface area contributed by atoms with E-state index in [9.17, 15) is 18.4 Å². The molecule has 4 aromatic rings. The molecule has 0 bridgehead atoms. The van der Waals surface area contributed by atoms with Crippen LogP contribution in [0.4, 0.5) is 14.5 Å². The maximum Gasteiger partial charge on any atom is 0.278 e. The summed E-state index contributed by atoms with van der Waals surface area (Å²) >= 11 is 6.20. The maximum absolute atomic E-state index is 13.8. The highest BCUT2D eigenvalue weighted by Crippen LogP contribution is 2.35. The Hall–Kier alpha value is -4.11. The van der Waals surface area contributed by atoms with Crippen LogP contribution in [0.25, 0.3) is 10.9 Å². The van der Waals surface area contributed by atoms with Gasteiger partial charge < -0.3 is 24.3 Å². The van der Waals surface area contributed by atoms with Gasteiger partial charge in [0.2, 0.25) is 18.6 Å². The van der Waals surface area contributed by atoms with Crippen molar-refractivity contribution in [1.29, 1.82) is 0 Å². The van der Waals surface area contributed by atoms with Crippen LogP contribution in [0.5, 0.6) is 11.5 Å². The van der Waals surface area contributed by atoms with Crippen LogP contribution in [0, 0.1) is 0 Å². The molecule has 0 spiro atoms. The highest BCUT2D eigenvalue weighted by atomic mass is 35.5. The molecule has 1 aromatic heterocycles. The number of nitrogens with zero attached hydrogens (tertiary/aromatic N) is 2. The number of anilines is 1. The van der Waals surface area contributed by atoms with E-state index in [1.807, 2.05) is 30.3 Å². The second-order valence-electron chi connectivity index (χ2n) is 8.87. The van der Waals surface area contributed by atoms with Gasteiger partial charge in [0.15, 0.2) is 11.5 Å². The van der Waals surface area contributed by atoms with E-state index >= 15 is 0 Å². The Balaban J connectivity index is 1.41. The molecule has 1 atom stereocenters. The molecule has 5 rings (SSSR count). The SMILES string of the molecule is CN(C(=O)C(Cc1ccccc1)NC(=O)Cn1c(C(F)F)cc2c(Cl)cccc21)c1ccc2c(c1)OCO2. The van der Waals surface area contributed by atoms with Gasteiger partial charge in [0.25, 0.3) is 6.43 Å². The lowest BCUT2D eigenvalue weighted by Gasteiger charge is -2.25. The maximum atomic E-state index is 13.8. The largest absolute Gasteiger partial charge is 0.454 e. The Bertz CT molecular complexity index is 1490. The average molecular weight is 540 g/mol. The number of nitrogens with one attached hydrogen (secondary N) is 1. The first-order valence-electron chi connectivity index (χ1n) is 11.9. The van der Waals surface area contributed by atoms with E-state index < -0.39 is 24.9 Å². The van der Waals surface area contributed by atoms with Crippen molar-refractivity contribution in [2.45, 2.75) is 25.4 Å². The molecule has 2 heterocycles. The third kappa shape index (κ3) is 5.15. The predicted octanol–water partition coefficient (Wildman–Crippen LogP) is 5.35. The molecule has 1 N–H and O–H groups in total. The van der Waals surface area contributed by atoms with Gasteiger partial charge in [-0.05, 0) is 35.9 Å². The molecule has 0 radical (unpaired) electrons. The second-order valence-corrected chi connectivity index (χ2v) is 9.28. The van der Waals surface area contributed by atoms with E-state index in [2.05, 4.69) is 5.32 Å². The Labute approximate surface area is 222 Å². The summed E-state index contributed by atoms with van der Waals surface area (Å²) in [7, 11) is 1.60. The van der Waals surface area contributed by atoms with Gasteiger partial charge in [0.05, 0.1) is 11.2 Å². The molecule has 0 saturated carbocycles. The number of carbonyl (C=O) groups excluding carboxylic acids is 2. The first-order chi connectivity index (χ1) is 18.3. The smallest absolute Gasteiger partial charge is 0.278 e. The van der Waals surface area contributed by atoms with E-state index in [1.54, 1.807) is 43.4 Å². The summed E-state index contributed by atoms with van der Waals surface area (Å²) in [5, 5.41) is 3.51. The molecule has 38 heavy (non-hydrogen) atoms. The predicted molar refractivity (Wildman–Crippen MR) is 140 cm³/mol. The van der Waals surface area contributed by atoms with Crippen LogP contribution in [0.15, 0.2) is 72.8 Å². The number of alkyl halides is 2. The van der Waals surface area contributed by atoms with Crippen LogP contribution < -0.4 is 19.7 Å². The van der Waals surface area contributed by atoms with Crippen LogP contribution in [0.3, 0.4) is 0 Å². The van der Waals surface area contributed by atoms with E-state index in [1.165, 1.54) is 15.5 Å². The number of likely N-dealkylation sites (N-methyl/N-ethyl adjacent to an activating group) is 1. The van der Waals surface area contributed by atoms with E-state index in [0.717, 1.165) is 5.56 Å². The van der Waals surface area contributed by atoms with Crippen molar-refractivity contribution in [3.8, 4) is 11.5 Å². The first kappa shape index (κ1) is 25.5. The lowest BCUT2D eigenvalue weighted by molar-refractivity contribution is -0.127. The zero-order valence-corrected chi connectivity index (χ0v) is 21.1. The van der Waals surface area contributed by atoms with Gasteiger partial charge >= 0.3 is 0 Å². The van der Waals surface area contributed by atoms with Crippen molar-refractivity contribution in [2.75, 3.05) is 18.7 Å². The van der Waals surface area contributed by atoms with Gasteiger partial charge in [-0.2, -0.15) is 0 Å². The van der Waals surface area contributed by atoms with Crippen LogP contribution in [0.1, 0.15) is 17.7 Å². The Morgan fingerprint density at radius 2 is 1.79 bits per heavy atom. The van der Waals surface area contributed by atoms with Crippen LogP contribution in [0.2, 0.25) is 5.02 Å². The van der Waals surface area contributed by atoms with Crippen molar-refractivity contribution in [3.05, 3.63) is 89.1 Å². The number of fused-ring (bicyclic) bond motifs is 2. The molecule has 2 amide bonds.